The van der Waals surface area contributed by atoms with Gasteiger partial charge in [-0.1, -0.05) is 56.5 Å². The van der Waals surface area contributed by atoms with Gasteiger partial charge in [-0.25, -0.2) is 8.42 Å². The number of hydrogen-bond donors (Lipinski definition) is 1. The Labute approximate surface area is 185 Å². The van der Waals surface area contributed by atoms with E-state index in [4.69, 9.17) is 4.74 Å². The minimum absolute atomic E-state index is 0.0121. The van der Waals surface area contributed by atoms with Gasteiger partial charge in [0.25, 0.3) is 5.91 Å². The fourth-order valence-corrected chi connectivity index (χ4v) is 5.66. The van der Waals surface area contributed by atoms with Gasteiger partial charge in [0.2, 0.25) is 10.0 Å². The van der Waals surface area contributed by atoms with Crippen molar-refractivity contribution < 1.29 is 17.9 Å². The fraction of sp³-hybridized carbons (Fsp3) is 0.458. The van der Waals surface area contributed by atoms with Crippen LogP contribution >= 0.6 is 0 Å². The van der Waals surface area contributed by atoms with Crippen LogP contribution < -0.4 is 10.1 Å². The molecule has 6 nitrogen and oxygen atoms in total. The summed E-state index contributed by atoms with van der Waals surface area (Å²) in [6, 6.07) is 14.0. The third-order valence-electron chi connectivity index (χ3n) is 5.87. The van der Waals surface area contributed by atoms with Crippen molar-refractivity contribution in [3.05, 3.63) is 59.7 Å². The van der Waals surface area contributed by atoms with E-state index in [0.29, 0.717) is 24.6 Å². The second kappa shape index (κ2) is 10.8. The summed E-state index contributed by atoms with van der Waals surface area (Å²) in [5.41, 5.74) is 1.22. The first kappa shape index (κ1) is 23.3. The average Bonchev–Trinajstić information content (AvgIpc) is 2.81. The SMILES string of the molecule is CCN(Cc1ccccc1)S(=O)(=O)c1cc(C(=O)NCC2CCCCC2)ccc1OC. The average molecular weight is 445 g/mol. The van der Waals surface area contributed by atoms with Crippen molar-refractivity contribution in [3.8, 4) is 5.75 Å². The van der Waals surface area contributed by atoms with Crippen LogP contribution in [0.2, 0.25) is 0 Å². The maximum Gasteiger partial charge on any atom is 0.251 e. The predicted molar refractivity (Wildman–Crippen MR) is 122 cm³/mol. The summed E-state index contributed by atoms with van der Waals surface area (Å²) in [5.74, 6) is 0.478. The molecule has 1 N–H and O–H groups in total. The monoisotopic (exact) mass is 444 g/mol. The van der Waals surface area contributed by atoms with Gasteiger partial charge in [-0.2, -0.15) is 4.31 Å². The maximum absolute atomic E-state index is 13.4. The minimum atomic E-state index is -3.86. The van der Waals surface area contributed by atoms with Crippen LogP contribution in [0.1, 0.15) is 54.9 Å². The Morgan fingerprint density at radius 3 is 2.45 bits per heavy atom. The molecule has 3 rings (SSSR count). The molecule has 0 saturated heterocycles. The van der Waals surface area contributed by atoms with Crippen molar-refractivity contribution in [1.29, 1.82) is 0 Å². The number of carbonyl (C=O) groups is 1. The number of methoxy groups -OCH3 is 1. The van der Waals surface area contributed by atoms with Crippen molar-refractivity contribution in [2.24, 2.45) is 5.92 Å². The highest BCUT2D eigenvalue weighted by Crippen LogP contribution is 2.29. The Kier molecular flexibility index (Phi) is 8.09. The van der Waals surface area contributed by atoms with E-state index in [2.05, 4.69) is 5.32 Å². The molecule has 1 amide bonds. The molecule has 2 aromatic carbocycles. The highest BCUT2D eigenvalue weighted by atomic mass is 32.2. The maximum atomic E-state index is 13.4. The molecule has 0 unspecified atom stereocenters. The summed E-state index contributed by atoms with van der Waals surface area (Å²) in [7, 11) is -2.42. The number of nitrogens with zero attached hydrogens (tertiary/aromatic N) is 1. The molecule has 0 aliphatic heterocycles. The van der Waals surface area contributed by atoms with Crippen molar-refractivity contribution >= 4 is 15.9 Å². The van der Waals surface area contributed by atoms with Crippen LogP contribution in [0, 0.1) is 5.92 Å². The highest BCUT2D eigenvalue weighted by molar-refractivity contribution is 7.89. The fourth-order valence-electron chi connectivity index (χ4n) is 4.04. The van der Waals surface area contributed by atoms with E-state index in [1.165, 1.54) is 36.7 Å². The van der Waals surface area contributed by atoms with E-state index < -0.39 is 10.0 Å². The number of ether oxygens (including phenoxy) is 1. The van der Waals surface area contributed by atoms with E-state index in [0.717, 1.165) is 18.4 Å². The summed E-state index contributed by atoms with van der Waals surface area (Å²) >= 11 is 0. The minimum Gasteiger partial charge on any atom is -0.495 e. The number of carbonyl (C=O) groups excluding carboxylic acids is 1. The topological polar surface area (TPSA) is 75.7 Å². The Bertz CT molecular complexity index is 970. The molecule has 0 bridgehead atoms. The molecule has 0 aromatic heterocycles. The molecule has 1 fully saturated rings. The zero-order chi connectivity index (χ0) is 22.3. The zero-order valence-corrected chi connectivity index (χ0v) is 19.2. The first-order chi connectivity index (χ1) is 15.0. The molecular formula is C24H32N2O4S. The summed E-state index contributed by atoms with van der Waals surface area (Å²) in [5, 5.41) is 2.98. The number of rotatable bonds is 9. The number of amides is 1. The molecule has 1 aliphatic rings. The third-order valence-corrected chi connectivity index (χ3v) is 7.82. The molecule has 1 aliphatic carbocycles. The Morgan fingerprint density at radius 2 is 1.81 bits per heavy atom. The zero-order valence-electron chi connectivity index (χ0n) is 18.3. The van der Waals surface area contributed by atoms with Crippen LogP contribution in [-0.4, -0.2) is 38.8 Å². The lowest BCUT2D eigenvalue weighted by Crippen LogP contribution is -2.32. The van der Waals surface area contributed by atoms with E-state index in [1.54, 1.807) is 19.1 Å². The van der Waals surface area contributed by atoms with Gasteiger partial charge in [-0.05, 0) is 42.5 Å². The first-order valence-corrected chi connectivity index (χ1v) is 12.4. The van der Waals surface area contributed by atoms with Gasteiger partial charge >= 0.3 is 0 Å². The van der Waals surface area contributed by atoms with Crippen LogP contribution in [-0.2, 0) is 16.6 Å². The van der Waals surface area contributed by atoms with Gasteiger partial charge in [0.15, 0.2) is 0 Å². The second-order valence-electron chi connectivity index (χ2n) is 8.00. The molecule has 7 heteroatoms. The molecule has 0 radical (unpaired) electrons. The first-order valence-electron chi connectivity index (χ1n) is 11.0. The highest BCUT2D eigenvalue weighted by Gasteiger charge is 2.28. The van der Waals surface area contributed by atoms with Crippen LogP contribution in [0.4, 0.5) is 0 Å². The van der Waals surface area contributed by atoms with Crippen molar-refractivity contribution in [2.45, 2.75) is 50.5 Å². The summed E-state index contributed by atoms with van der Waals surface area (Å²) < 4.78 is 33.6. The van der Waals surface area contributed by atoms with Gasteiger partial charge in [0.05, 0.1) is 7.11 Å². The lowest BCUT2D eigenvalue weighted by Gasteiger charge is -2.23. The lowest BCUT2D eigenvalue weighted by molar-refractivity contribution is 0.0943. The quantitative estimate of drug-likeness (QED) is 0.628. The van der Waals surface area contributed by atoms with E-state index in [9.17, 15) is 13.2 Å². The van der Waals surface area contributed by atoms with E-state index >= 15 is 0 Å². The summed E-state index contributed by atoms with van der Waals surface area (Å²) in [4.78, 5) is 12.7. The lowest BCUT2D eigenvalue weighted by atomic mass is 9.89. The Hall–Kier alpha value is -2.38. The number of hydrogen-bond acceptors (Lipinski definition) is 4. The standard InChI is InChI=1S/C24H32N2O4S/c1-3-26(18-20-12-8-5-9-13-20)31(28,29)23-16-21(14-15-22(23)30-2)24(27)25-17-19-10-6-4-7-11-19/h5,8-9,12-16,19H,3-4,6-7,10-11,17-18H2,1-2H3,(H,25,27). The molecule has 1 saturated carbocycles. The van der Waals surface area contributed by atoms with Crippen molar-refractivity contribution in [1.82, 2.24) is 9.62 Å². The normalized spacial score (nSPS) is 15.1. The Morgan fingerprint density at radius 1 is 1.10 bits per heavy atom. The van der Waals surface area contributed by atoms with Gasteiger partial charge < -0.3 is 10.1 Å². The van der Waals surface area contributed by atoms with Gasteiger partial charge in [0.1, 0.15) is 10.6 Å². The molecule has 0 heterocycles. The number of nitrogens with one attached hydrogen (secondary N) is 1. The van der Waals surface area contributed by atoms with E-state index in [1.807, 2.05) is 30.3 Å². The molecule has 168 valence electrons. The molecule has 0 atom stereocenters. The van der Waals surface area contributed by atoms with Crippen LogP contribution in [0.3, 0.4) is 0 Å². The van der Waals surface area contributed by atoms with Crippen LogP contribution in [0.25, 0.3) is 0 Å². The second-order valence-corrected chi connectivity index (χ2v) is 9.90. The van der Waals surface area contributed by atoms with E-state index in [-0.39, 0.29) is 23.1 Å². The molecular weight excluding hydrogens is 412 g/mol. The van der Waals surface area contributed by atoms with Gasteiger partial charge in [-0.15, -0.1) is 0 Å². The number of sulfonamides is 1. The van der Waals surface area contributed by atoms with Crippen molar-refractivity contribution in [3.63, 3.8) is 0 Å². The van der Waals surface area contributed by atoms with Gasteiger partial charge in [-0.3, -0.25) is 4.79 Å². The number of benzene rings is 2. The van der Waals surface area contributed by atoms with Gasteiger partial charge in [0, 0.05) is 25.2 Å². The predicted octanol–water partition coefficient (Wildman–Crippen LogP) is 4.22. The molecule has 2 aromatic rings. The summed E-state index contributed by atoms with van der Waals surface area (Å²) in [6.07, 6.45) is 5.95. The Balaban J connectivity index is 1.81. The smallest absolute Gasteiger partial charge is 0.251 e. The van der Waals surface area contributed by atoms with Crippen LogP contribution in [0.15, 0.2) is 53.4 Å². The molecule has 31 heavy (non-hydrogen) atoms. The van der Waals surface area contributed by atoms with Crippen LogP contribution in [0.5, 0.6) is 5.75 Å². The van der Waals surface area contributed by atoms with Crippen molar-refractivity contribution in [2.75, 3.05) is 20.2 Å². The third kappa shape index (κ3) is 5.86. The molecule has 0 spiro atoms. The summed E-state index contributed by atoms with van der Waals surface area (Å²) in [6.45, 7) is 2.98. The largest absolute Gasteiger partial charge is 0.495 e.